The fourth-order valence-electron chi connectivity index (χ4n) is 2.70. The largest absolute Gasteiger partial charge is 0.497 e. The number of ether oxygens (including phenoxy) is 1. The Kier molecular flexibility index (Phi) is 4.42. The molecule has 0 saturated heterocycles. The number of amides is 1. The van der Waals surface area contributed by atoms with Crippen LogP contribution >= 0.6 is 0 Å². The summed E-state index contributed by atoms with van der Waals surface area (Å²) in [6, 6.07) is 13.0. The first-order chi connectivity index (χ1) is 11.6. The van der Waals surface area contributed by atoms with Gasteiger partial charge in [0.25, 0.3) is 5.91 Å². The smallest absolute Gasteiger partial charge is 0.251 e. The lowest BCUT2D eigenvalue weighted by Gasteiger charge is -2.06. The summed E-state index contributed by atoms with van der Waals surface area (Å²) >= 11 is 0. The molecule has 0 aliphatic heterocycles. The fourth-order valence-corrected chi connectivity index (χ4v) is 2.70. The molecule has 0 atom stereocenters. The Morgan fingerprint density at radius 3 is 2.62 bits per heavy atom. The highest BCUT2D eigenvalue weighted by molar-refractivity contribution is 6.00. The van der Waals surface area contributed by atoms with Crippen LogP contribution in [0.5, 0.6) is 11.6 Å². The van der Waals surface area contributed by atoms with Gasteiger partial charge in [-0.1, -0.05) is 18.2 Å². The van der Waals surface area contributed by atoms with Gasteiger partial charge in [-0.3, -0.25) is 4.79 Å². The van der Waals surface area contributed by atoms with Gasteiger partial charge in [-0.25, -0.2) is 0 Å². The second-order valence-corrected chi connectivity index (χ2v) is 5.59. The number of nitrogens with one attached hydrogen (secondary N) is 1. The van der Waals surface area contributed by atoms with E-state index in [1.807, 2.05) is 43.5 Å². The summed E-state index contributed by atoms with van der Waals surface area (Å²) in [6.45, 7) is 2.99. The van der Waals surface area contributed by atoms with Gasteiger partial charge in [0.1, 0.15) is 5.75 Å². The number of methoxy groups -OCH3 is 1. The Bertz CT molecular complexity index is 866. The Hall–Kier alpha value is -2.95. The molecular weight excluding hydrogens is 304 g/mol. The average molecular weight is 324 g/mol. The van der Waals surface area contributed by atoms with Gasteiger partial charge < -0.3 is 19.7 Å². The summed E-state index contributed by atoms with van der Waals surface area (Å²) in [5.41, 5.74) is 1.59. The van der Waals surface area contributed by atoms with E-state index in [0.29, 0.717) is 24.0 Å². The Labute approximate surface area is 140 Å². The number of nitrogens with zero attached hydrogens (tertiary/aromatic N) is 1. The Morgan fingerprint density at radius 1 is 1.21 bits per heavy atom. The molecule has 5 nitrogen and oxygen atoms in total. The number of rotatable bonds is 5. The topological polar surface area (TPSA) is 63.5 Å². The number of benzene rings is 2. The van der Waals surface area contributed by atoms with Gasteiger partial charge in [-0.05, 0) is 36.8 Å². The molecule has 3 rings (SSSR count). The van der Waals surface area contributed by atoms with E-state index in [1.165, 1.54) is 0 Å². The van der Waals surface area contributed by atoms with E-state index < -0.39 is 0 Å². The number of carbonyl (C=O) groups is 1. The molecule has 0 fully saturated rings. The highest BCUT2D eigenvalue weighted by Gasteiger charge is 2.12. The molecule has 1 aromatic heterocycles. The highest BCUT2D eigenvalue weighted by Crippen LogP contribution is 2.29. The summed E-state index contributed by atoms with van der Waals surface area (Å²) in [6.07, 6.45) is 1.89. The van der Waals surface area contributed by atoms with E-state index in [0.717, 1.165) is 16.7 Å². The third-order valence-corrected chi connectivity index (χ3v) is 3.97. The van der Waals surface area contributed by atoms with Crippen molar-refractivity contribution in [3.8, 4) is 11.6 Å². The second-order valence-electron chi connectivity index (χ2n) is 5.59. The molecule has 5 heteroatoms. The van der Waals surface area contributed by atoms with Crippen LogP contribution in [-0.2, 0) is 6.54 Å². The molecule has 124 valence electrons. The van der Waals surface area contributed by atoms with Gasteiger partial charge in [0.05, 0.1) is 13.7 Å². The summed E-state index contributed by atoms with van der Waals surface area (Å²) < 4.78 is 6.92. The van der Waals surface area contributed by atoms with Crippen LogP contribution in [0, 0.1) is 0 Å². The molecule has 0 bridgehead atoms. The van der Waals surface area contributed by atoms with Crippen LogP contribution < -0.4 is 10.1 Å². The van der Waals surface area contributed by atoms with Crippen LogP contribution in [0.3, 0.4) is 0 Å². The molecule has 0 aliphatic carbocycles. The average Bonchev–Trinajstić information content (AvgIpc) is 2.91. The summed E-state index contributed by atoms with van der Waals surface area (Å²) in [5.74, 6) is 0.820. The fraction of sp³-hybridized carbons (Fsp3) is 0.211. The van der Waals surface area contributed by atoms with Crippen LogP contribution in [-0.4, -0.2) is 29.2 Å². The first kappa shape index (κ1) is 15.9. The summed E-state index contributed by atoms with van der Waals surface area (Å²) in [4.78, 5) is 11.9. The monoisotopic (exact) mass is 324 g/mol. The molecule has 24 heavy (non-hydrogen) atoms. The molecule has 0 unspecified atom stereocenters. The predicted octanol–water partition coefficient (Wildman–Crippen LogP) is 3.15. The van der Waals surface area contributed by atoms with E-state index in [4.69, 9.17) is 4.74 Å². The lowest BCUT2D eigenvalue weighted by molar-refractivity contribution is 0.0956. The zero-order valence-electron chi connectivity index (χ0n) is 13.7. The van der Waals surface area contributed by atoms with Crippen molar-refractivity contribution in [3.05, 3.63) is 59.8 Å². The SMILES string of the molecule is CCNC(=O)c1ccc2cn(Cc3ccc(OC)cc3)c(O)c2c1. The first-order valence-corrected chi connectivity index (χ1v) is 7.85. The molecule has 0 saturated carbocycles. The Morgan fingerprint density at radius 2 is 1.96 bits per heavy atom. The molecular formula is C19H20N2O3. The third kappa shape index (κ3) is 3.06. The van der Waals surface area contributed by atoms with E-state index in [9.17, 15) is 9.90 Å². The number of fused-ring (bicyclic) bond motifs is 1. The van der Waals surface area contributed by atoms with Crippen molar-refractivity contribution in [1.29, 1.82) is 0 Å². The predicted molar refractivity (Wildman–Crippen MR) is 93.7 cm³/mol. The number of hydrogen-bond acceptors (Lipinski definition) is 3. The molecule has 1 heterocycles. The van der Waals surface area contributed by atoms with Gasteiger partial charge in [0.2, 0.25) is 0 Å². The molecule has 1 amide bonds. The van der Waals surface area contributed by atoms with Crippen molar-refractivity contribution in [2.24, 2.45) is 0 Å². The van der Waals surface area contributed by atoms with Crippen molar-refractivity contribution in [1.82, 2.24) is 9.88 Å². The van der Waals surface area contributed by atoms with E-state index in [1.54, 1.807) is 23.8 Å². The minimum absolute atomic E-state index is 0.137. The maximum Gasteiger partial charge on any atom is 0.251 e. The van der Waals surface area contributed by atoms with Crippen molar-refractivity contribution in [3.63, 3.8) is 0 Å². The molecule has 0 aliphatic rings. The van der Waals surface area contributed by atoms with E-state index in [-0.39, 0.29) is 11.8 Å². The van der Waals surface area contributed by atoms with E-state index >= 15 is 0 Å². The summed E-state index contributed by atoms with van der Waals surface area (Å²) in [7, 11) is 1.63. The van der Waals surface area contributed by atoms with Crippen LogP contribution in [0.4, 0.5) is 0 Å². The minimum atomic E-state index is -0.137. The molecule has 2 N–H and O–H groups in total. The van der Waals surface area contributed by atoms with Crippen LogP contribution in [0.2, 0.25) is 0 Å². The van der Waals surface area contributed by atoms with Crippen molar-refractivity contribution in [2.45, 2.75) is 13.5 Å². The molecule has 3 aromatic rings. The maximum absolute atomic E-state index is 11.9. The van der Waals surface area contributed by atoms with Crippen LogP contribution in [0.1, 0.15) is 22.8 Å². The van der Waals surface area contributed by atoms with Crippen LogP contribution in [0.15, 0.2) is 48.7 Å². The van der Waals surface area contributed by atoms with Crippen molar-refractivity contribution in [2.75, 3.05) is 13.7 Å². The second kappa shape index (κ2) is 6.66. The van der Waals surface area contributed by atoms with Gasteiger partial charge in [0, 0.05) is 29.1 Å². The van der Waals surface area contributed by atoms with Gasteiger partial charge in [-0.2, -0.15) is 0 Å². The lowest BCUT2D eigenvalue weighted by Crippen LogP contribution is -2.22. The third-order valence-electron chi connectivity index (χ3n) is 3.97. The minimum Gasteiger partial charge on any atom is -0.497 e. The van der Waals surface area contributed by atoms with Gasteiger partial charge in [-0.15, -0.1) is 0 Å². The summed E-state index contributed by atoms with van der Waals surface area (Å²) in [5, 5.41) is 14.8. The maximum atomic E-state index is 11.9. The molecule has 0 spiro atoms. The highest BCUT2D eigenvalue weighted by atomic mass is 16.5. The molecule has 2 aromatic carbocycles. The molecule has 0 radical (unpaired) electrons. The van der Waals surface area contributed by atoms with Crippen molar-refractivity contribution < 1.29 is 14.6 Å². The number of aromatic hydroxyl groups is 1. The van der Waals surface area contributed by atoms with E-state index in [2.05, 4.69) is 5.32 Å². The lowest BCUT2D eigenvalue weighted by atomic mass is 10.1. The number of hydrogen-bond donors (Lipinski definition) is 2. The quantitative estimate of drug-likeness (QED) is 0.758. The van der Waals surface area contributed by atoms with Gasteiger partial charge >= 0.3 is 0 Å². The van der Waals surface area contributed by atoms with Crippen LogP contribution in [0.25, 0.3) is 10.8 Å². The van der Waals surface area contributed by atoms with Crippen molar-refractivity contribution >= 4 is 16.7 Å². The van der Waals surface area contributed by atoms with Gasteiger partial charge in [0.15, 0.2) is 5.88 Å². The standard InChI is InChI=1S/C19H20N2O3/c1-3-20-18(22)14-6-7-15-12-21(19(23)17(15)10-14)11-13-4-8-16(24-2)9-5-13/h4-10,12,23H,3,11H2,1-2H3,(H,20,22). The Balaban J connectivity index is 1.91. The number of aromatic nitrogens is 1. The zero-order chi connectivity index (χ0) is 17.1. The zero-order valence-corrected chi connectivity index (χ0v) is 13.7. The number of carbonyl (C=O) groups excluding carboxylic acids is 1. The first-order valence-electron chi connectivity index (χ1n) is 7.85. The normalized spacial score (nSPS) is 10.8.